The third kappa shape index (κ3) is 2.20. The molecule has 0 aromatic heterocycles. The van der Waals surface area contributed by atoms with Crippen LogP contribution >= 0.6 is 12.4 Å². The van der Waals surface area contributed by atoms with Crippen molar-refractivity contribution in [2.45, 2.75) is 17.9 Å². The molecule has 4 heteroatoms. The van der Waals surface area contributed by atoms with Crippen LogP contribution in [0.2, 0.25) is 0 Å². The van der Waals surface area contributed by atoms with Crippen molar-refractivity contribution in [3.05, 3.63) is 65.5 Å². The fourth-order valence-corrected chi connectivity index (χ4v) is 3.77. The molecular weight excluding hydrogens is 301 g/mol. The molecule has 0 amide bonds. The van der Waals surface area contributed by atoms with Gasteiger partial charge >= 0.3 is 0 Å². The Kier molecular flexibility index (Phi) is 3.87. The molecule has 1 fully saturated rings. The highest BCUT2D eigenvalue weighted by molar-refractivity contribution is 5.85. The van der Waals surface area contributed by atoms with Crippen molar-refractivity contribution < 1.29 is 9.13 Å². The van der Waals surface area contributed by atoms with Crippen LogP contribution in [0.15, 0.2) is 48.5 Å². The highest BCUT2D eigenvalue weighted by atomic mass is 35.5. The molecule has 2 atom stereocenters. The fourth-order valence-electron chi connectivity index (χ4n) is 3.77. The van der Waals surface area contributed by atoms with E-state index < -0.39 is 5.60 Å². The predicted octanol–water partition coefficient (Wildman–Crippen LogP) is 3.95. The van der Waals surface area contributed by atoms with Gasteiger partial charge in [0.25, 0.3) is 0 Å². The first kappa shape index (κ1) is 15.3. The van der Waals surface area contributed by atoms with E-state index in [-0.39, 0.29) is 24.1 Å². The van der Waals surface area contributed by atoms with Crippen LogP contribution in [0.5, 0.6) is 5.75 Å². The summed E-state index contributed by atoms with van der Waals surface area (Å²) in [6.07, 6.45) is 0.881. The quantitative estimate of drug-likeness (QED) is 0.789. The molecule has 2 heterocycles. The van der Waals surface area contributed by atoms with E-state index in [9.17, 15) is 4.39 Å². The minimum absolute atomic E-state index is 0. The first-order valence-corrected chi connectivity index (χ1v) is 7.41. The van der Waals surface area contributed by atoms with Crippen LogP contribution in [-0.2, 0) is 5.60 Å². The van der Waals surface area contributed by atoms with E-state index in [1.165, 1.54) is 11.6 Å². The lowest BCUT2D eigenvalue weighted by Gasteiger charge is -2.42. The van der Waals surface area contributed by atoms with E-state index in [1.807, 2.05) is 18.2 Å². The van der Waals surface area contributed by atoms with Gasteiger partial charge in [-0.15, -0.1) is 12.4 Å². The Morgan fingerprint density at radius 1 is 1.18 bits per heavy atom. The van der Waals surface area contributed by atoms with Gasteiger partial charge in [-0.2, -0.15) is 0 Å². The Balaban J connectivity index is 0.00000144. The zero-order chi connectivity index (χ0) is 14.4. The summed E-state index contributed by atoms with van der Waals surface area (Å²) in [6, 6.07) is 15.1. The lowest BCUT2D eigenvalue weighted by molar-refractivity contribution is 0.00680. The summed E-state index contributed by atoms with van der Waals surface area (Å²) < 4.78 is 20.1. The summed E-state index contributed by atoms with van der Waals surface area (Å²) in [4.78, 5) is 2.33. The van der Waals surface area contributed by atoms with Gasteiger partial charge in [0, 0.05) is 31.0 Å². The maximum Gasteiger partial charge on any atom is 0.143 e. The summed E-state index contributed by atoms with van der Waals surface area (Å²) in [5.41, 5.74) is 1.78. The van der Waals surface area contributed by atoms with Crippen LogP contribution < -0.4 is 4.74 Å². The predicted molar refractivity (Wildman–Crippen MR) is 87.3 cm³/mol. The van der Waals surface area contributed by atoms with Gasteiger partial charge in [0.2, 0.25) is 0 Å². The van der Waals surface area contributed by atoms with Crippen molar-refractivity contribution in [2.24, 2.45) is 0 Å². The SMILES string of the molecule is CN1CCC2(c3cccc(F)c3)Oc3ccccc3C2C1.Cl. The van der Waals surface area contributed by atoms with Crippen molar-refractivity contribution in [3.8, 4) is 5.75 Å². The van der Waals surface area contributed by atoms with Crippen LogP contribution in [0.1, 0.15) is 23.5 Å². The normalized spacial score (nSPS) is 26.5. The standard InChI is InChI=1S/C18H18FNO.ClH/c1-20-10-9-18(13-5-4-6-14(19)11-13)16(12-20)15-7-2-3-8-17(15)21-18;/h2-8,11,16H,9-10,12H2,1H3;1H. The average Bonchev–Trinajstić information content (AvgIpc) is 2.82. The Hall–Kier alpha value is -1.58. The van der Waals surface area contributed by atoms with Crippen LogP contribution in [0, 0.1) is 5.82 Å². The molecule has 1 saturated heterocycles. The topological polar surface area (TPSA) is 12.5 Å². The highest BCUT2D eigenvalue weighted by Crippen LogP contribution is 2.54. The minimum Gasteiger partial charge on any atom is -0.482 e. The van der Waals surface area contributed by atoms with Crippen molar-refractivity contribution in [3.63, 3.8) is 0 Å². The molecule has 0 aliphatic carbocycles. The van der Waals surface area contributed by atoms with Crippen LogP contribution in [0.4, 0.5) is 4.39 Å². The van der Waals surface area contributed by atoms with E-state index in [4.69, 9.17) is 4.74 Å². The number of fused-ring (bicyclic) bond motifs is 3. The molecule has 2 unspecified atom stereocenters. The maximum absolute atomic E-state index is 13.7. The van der Waals surface area contributed by atoms with Crippen molar-refractivity contribution in [1.29, 1.82) is 0 Å². The molecular formula is C18H19ClFNO. The summed E-state index contributed by atoms with van der Waals surface area (Å²) in [7, 11) is 2.14. The van der Waals surface area contributed by atoms with Gasteiger partial charge in [0.1, 0.15) is 17.2 Å². The molecule has 0 spiro atoms. The number of rotatable bonds is 1. The Labute approximate surface area is 136 Å². The second kappa shape index (κ2) is 5.56. The third-order valence-electron chi connectivity index (χ3n) is 4.82. The third-order valence-corrected chi connectivity index (χ3v) is 4.82. The van der Waals surface area contributed by atoms with E-state index in [0.717, 1.165) is 30.8 Å². The number of para-hydroxylation sites is 1. The average molecular weight is 320 g/mol. The minimum atomic E-state index is -0.418. The Morgan fingerprint density at radius 3 is 2.82 bits per heavy atom. The molecule has 2 aromatic carbocycles. The zero-order valence-electron chi connectivity index (χ0n) is 12.5. The van der Waals surface area contributed by atoms with Crippen LogP contribution in [0.3, 0.4) is 0 Å². The Morgan fingerprint density at radius 2 is 2.00 bits per heavy atom. The van der Waals surface area contributed by atoms with Crippen molar-refractivity contribution >= 4 is 12.4 Å². The molecule has 0 radical (unpaired) electrons. The number of ether oxygens (including phenoxy) is 1. The largest absolute Gasteiger partial charge is 0.482 e. The van der Waals surface area contributed by atoms with E-state index in [2.05, 4.69) is 24.1 Å². The summed E-state index contributed by atoms with van der Waals surface area (Å²) in [5.74, 6) is 1.01. The number of nitrogens with zero attached hydrogens (tertiary/aromatic N) is 1. The van der Waals surface area contributed by atoms with E-state index in [1.54, 1.807) is 12.1 Å². The molecule has 2 nitrogen and oxygen atoms in total. The molecule has 0 N–H and O–H groups in total. The summed E-state index contributed by atoms with van der Waals surface area (Å²) >= 11 is 0. The number of benzene rings is 2. The Bertz CT molecular complexity index is 692. The van der Waals surface area contributed by atoms with E-state index in [0.29, 0.717) is 0 Å². The van der Waals surface area contributed by atoms with Gasteiger partial charge in [-0.05, 0) is 30.8 Å². The number of likely N-dealkylation sites (N-methyl/N-ethyl adjacent to an activating group) is 1. The van der Waals surface area contributed by atoms with Crippen LogP contribution in [0.25, 0.3) is 0 Å². The van der Waals surface area contributed by atoms with Crippen LogP contribution in [-0.4, -0.2) is 25.0 Å². The van der Waals surface area contributed by atoms with Gasteiger partial charge in [-0.25, -0.2) is 4.39 Å². The molecule has 116 valence electrons. The molecule has 2 aromatic rings. The number of hydrogen-bond donors (Lipinski definition) is 0. The number of likely N-dealkylation sites (tertiary alicyclic amines) is 1. The number of hydrogen-bond acceptors (Lipinski definition) is 2. The summed E-state index contributed by atoms with van der Waals surface area (Å²) in [5, 5.41) is 0. The molecule has 4 rings (SSSR count). The molecule has 2 aliphatic rings. The molecule has 0 bridgehead atoms. The fraction of sp³-hybridized carbons (Fsp3) is 0.333. The number of piperidine rings is 1. The van der Waals surface area contributed by atoms with Gasteiger partial charge in [0.15, 0.2) is 0 Å². The van der Waals surface area contributed by atoms with Crippen molar-refractivity contribution in [1.82, 2.24) is 4.90 Å². The van der Waals surface area contributed by atoms with Gasteiger partial charge < -0.3 is 9.64 Å². The molecule has 2 aliphatic heterocycles. The lowest BCUT2D eigenvalue weighted by Crippen LogP contribution is -2.47. The smallest absolute Gasteiger partial charge is 0.143 e. The number of halogens is 2. The van der Waals surface area contributed by atoms with Gasteiger partial charge in [-0.1, -0.05) is 30.3 Å². The monoisotopic (exact) mass is 319 g/mol. The second-order valence-corrected chi connectivity index (χ2v) is 6.10. The van der Waals surface area contributed by atoms with Gasteiger partial charge in [0.05, 0.1) is 0 Å². The van der Waals surface area contributed by atoms with E-state index >= 15 is 0 Å². The van der Waals surface area contributed by atoms with Gasteiger partial charge in [-0.3, -0.25) is 0 Å². The molecule has 0 saturated carbocycles. The first-order chi connectivity index (χ1) is 10.2. The second-order valence-electron chi connectivity index (χ2n) is 6.10. The van der Waals surface area contributed by atoms with Crippen molar-refractivity contribution in [2.75, 3.05) is 20.1 Å². The first-order valence-electron chi connectivity index (χ1n) is 7.41. The maximum atomic E-state index is 13.7. The molecule has 22 heavy (non-hydrogen) atoms. The highest BCUT2D eigenvalue weighted by Gasteiger charge is 2.51. The lowest BCUT2D eigenvalue weighted by atomic mass is 9.74. The zero-order valence-corrected chi connectivity index (χ0v) is 13.3. The summed E-state index contributed by atoms with van der Waals surface area (Å²) in [6.45, 7) is 1.90.